The molecule has 3 aromatic rings. The van der Waals surface area contributed by atoms with E-state index in [0.29, 0.717) is 35.6 Å². The summed E-state index contributed by atoms with van der Waals surface area (Å²) in [6, 6.07) is 8.93. The molecule has 144 valence electrons. The van der Waals surface area contributed by atoms with Gasteiger partial charge in [0.25, 0.3) is 0 Å². The lowest BCUT2D eigenvalue weighted by Crippen LogP contribution is -2.27. The first-order valence-corrected chi connectivity index (χ1v) is 9.31. The van der Waals surface area contributed by atoms with Gasteiger partial charge >= 0.3 is 5.69 Å². The number of aromatic nitrogens is 3. The third-order valence-corrected chi connectivity index (χ3v) is 4.88. The molecular formula is C22H23FN4O. The molecule has 4 rings (SSSR count). The first-order valence-electron chi connectivity index (χ1n) is 9.31. The van der Waals surface area contributed by atoms with E-state index in [1.54, 1.807) is 36.0 Å². The third-order valence-electron chi connectivity index (χ3n) is 4.88. The number of nitrogens with zero attached hydrogens (tertiary/aromatic N) is 4. The van der Waals surface area contributed by atoms with Gasteiger partial charge in [0.05, 0.1) is 17.8 Å². The van der Waals surface area contributed by atoms with Crippen LogP contribution < -0.4 is 5.69 Å². The van der Waals surface area contributed by atoms with Gasteiger partial charge in [0.15, 0.2) is 5.65 Å². The van der Waals surface area contributed by atoms with Gasteiger partial charge in [0, 0.05) is 30.9 Å². The van der Waals surface area contributed by atoms with Crippen LogP contribution in [0, 0.1) is 11.2 Å². The van der Waals surface area contributed by atoms with Gasteiger partial charge in [-0.1, -0.05) is 32.9 Å². The summed E-state index contributed by atoms with van der Waals surface area (Å²) in [5.74, 6) is -0.315. The lowest BCUT2D eigenvalue weighted by molar-refractivity contribution is 0.342. The normalized spacial score (nSPS) is 14.1. The van der Waals surface area contributed by atoms with Crippen LogP contribution in [-0.2, 0) is 13.6 Å². The minimum absolute atomic E-state index is 0.0473. The average Bonchev–Trinajstić information content (AvgIpc) is 3.25. The molecule has 6 heteroatoms. The molecule has 1 aromatic carbocycles. The Labute approximate surface area is 162 Å². The Balaban J connectivity index is 1.85. The second-order valence-electron chi connectivity index (χ2n) is 8.38. The molecule has 0 atom stereocenters. The first kappa shape index (κ1) is 18.3. The van der Waals surface area contributed by atoms with E-state index in [-0.39, 0.29) is 16.9 Å². The summed E-state index contributed by atoms with van der Waals surface area (Å²) in [5, 5.41) is 0. The first-order chi connectivity index (χ1) is 13.3. The molecule has 3 heterocycles. The molecular weight excluding hydrogens is 355 g/mol. The van der Waals surface area contributed by atoms with Crippen molar-refractivity contribution in [1.29, 1.82) is 0 Å². The van der Waals surface area contributed by atoms with Crippen molar-refractivity contribution in [3.63, 3.8) is 0 Å². The number of imidazole rings is 1. The van der Waals surface area contributed by atoms with Crippen LogP contribution in [0.25, 0.3) is 28.0 Å². The molecule has 5 nitrogen and oxygen atoms in total. The zero-order chi connectivity index (χ0) is 20.1. The number of benzene rings is 1. The smallest absolute Gasteiger partial charge is 0.290 e. The summed E-state index contributed by atoms with van der Waals surface area (Å²) in [6.45, 7) is 7.33. The standard InChI is InChI=1S/C22H23FN4O/c1-22(2,3)13-27-18-9-8-17(25-20(18)26(4)21(27)28)16-7-5-6-15(19(16)23)14-10-11-24-12-14/h5-11H,12-13H2,1-4H3. The lowest BCUT2D eigenvalue weighted by Gasteiger charge is -2.18. The van der Waals surface area contributed by atoms with Gasteiger partial charge in [-0.25, -0.2) is 14.2 Å². The maximum Gasteiger partial charge on any atom is 0.330 e. The van der Waals surface area contributed by atoms with E-state index in [4.69, 9.17) is 0 Å². The Morgan fingerprint density at radius 3 is 2.57 bits per heavy atom. The van der Waals surface area contributed by atoms with Crippen LogP contribution in [0.4, 0.5) is 4.39 Å². The molecule has 0 bridgehead atoms. The molecule has 0 spiro atoms. The largest absolute Gasteiger partial charge is 0.330 e. The zero-order valence-electron chi connectivity index (χ0n) is 16.5. The molecule has 0 saturated heterocycles. The maximum absolute atomic E-state index is 15.2. The van der Waals surface area contributed by atoms with Gasteiger partial charge in [0.1, 0.15) is 5.82 Å². The summed E-state index contributed by atoms with van der Waals surface area (Å²) in [7, 11) is 1.70. The molecule has 2 aromatic heterocycles. The van der Waals surface area contributed by atoms with Crippen LogP contribution in [0.5, 0.6) is 0 Å². The summed E-state index contributed by atoms with van der Waals surface area (Å²) < 4.78 is 18.5. The fraction of sp³-hybridized carbons (Fsp3) is 0.318. The van der Waals surface area contributed by atoms with E-state index >= 15 is 4.39 Å². The van der Waals surface area contributed by atoms with Crippen LogP contribution in [0.1, 0.15) is 26.3 Å². The van der Waals surface area contributed by atoms with Crippen LogP contribution in [0.3, 0.4) is 0 Å². The summed E-state index contributed by atoms with van der Waals surface area (Å²) in [5.41, 5.74) is 3.47. The molecule has 0 aliphatic carbocycles. The minimum Gasteiger partial charge on any atom is -0.290 e. The number of allylic oxidation sites excluding steroid dienone is 1. The number of hydrogen-bond donors (Lipinski definition) is 0. The quantitative estimate of drug-likeness (QED) is 0.690. The van der Waals surface area contributed by atoms with Gasteiger partial charge < -0.3 is 0 Å². The van der Waals surface area contributed by atoms with E-state index in [1.165, 1.54) is 4.57 Å². The number of pyridine rings is 1. The van der Waals surface area contributed by atoms with E-state index < -0.39 is 0 Å². The molecule has 28 heavy (non-hydrogen) atoms. The summed E-state index contributed by atoms with van der Waals surface area (Å²) in [4.78, 5) is 21.5. The SMILES string of the molecule is Cn1c(=O)n(CC(C)(C)C)c2ccc(-c3cccc(C4=CC=NC4)c3F)nc21. The highest BCUT2D eigenvalue weighted by Gasteiger charge is 2.20. The lowest BCUT2D eigenvalue weighted by atomic mass is 9.97. The van der Waals surface area contributed by atoms with Crippen LogP contribution >= 0.6 is 0 Å². The van der Waals surface area contributed by atoms with Crippen LogP contribution in [0.2, 0.25) is 0 Å². The molecule has 0 N–H and O–H groups in total. The number of rotatable bonds is 3. The van der Waals surface area contributed by atoms with Crippen molar-refractivity contribution in [3.05, 3.63) is 58.3 Å². The molecule has 0 fully saturated rings. The van der Waals surface area contributed by atoms with Crippen molar-refractivity contribution >= 4 is 23.0 Å². The monoisotopic (exact) mass is 378 g/mol. The third kappa shape index (κ3) is 3.09. The highest BCUT2D eigenvalue weighted by Crippen LogP contribution is 2.30. The number of hydrogen-bond acceptors (Lipinski definition) is 3. The van der Waals surface area contributed by atoms with Crippen molar-refractivity contribution in [2.75, 3.05) is 6.54 Å². The predicted octanol–water partition coefficient (Wildman–Crippen LogP) is 4.06. The Kier molecular flexibility index (Phi) is 4.29. The maximum atomic E-state index is 15.2. The van der Waals surface area contributed by atoms with Gasteiger partial charge in [-0.15, -0.1) is 0 Å². The van der Waals surface area contributed by atoms with Gasteiger partial charge in [-0.3, -0.25) is 14.1 Å². The fourth-order valence-corrected chi connectivity index (χ4v) is 3.55. The number of aliphatic imine (C=N–C) groups is 1. The van der Waals surface area contributed by atoms with Crippen molar-refractivity contribution in [2.45, 2.75) is 27.3 Å². The minimum atomic E-state index is -0.315. The van der Waals surface area contributed by atoms with E-state index in [0.717, 1.165) is 11.1 Å². The molecule has 1 aliphatic heterocycles. The molecule has 1 aliphatic rings. The van der Waals surface area contributed by atoms with E-state index in [9.17, 15) is 4.79 Å². The fourth-order valence-electron chi connectivity index (χ4n) is 3.55. The van der Waals surface area contributed by atoms with Crippen LogP contribution in [0.15, 0.2) is 46.2 Å². The number of aryl methyl sites for hydroxylation is 1. The number of fused-ring (bicyclic) bond motifs is 1. The summed E-state index contributed by atoms with van der Waals surface area (Å²) >= 11 is 0. The highest BCUT2D eigenvalue weighted by molar-refractivity contribution is 5.90. The Morgan fingerprint density at radius 2 is 1.89 bits per heavy atom. The molecule has 0 saturated carbocycles. The second-order valence-corrected chi connectivity index (χ2v) is 8.38. The predicted molar refractivity (Wildman–Crippen MR) is 111 cm³/mol. The molecule has 0 radical (unpaired) electrons. The van der Waals surface area contributed by atoms with Gasteiger partial charge in [-0.05, 0) is 35.3 Å². The Morgan fingerprint density at radius 1 is 1.14 bits per heavy atom. The topological polar surface area (TPSA) is 52.2 Å². The average molecular weight is 378 g/mol. The number of halogens is 1. The van der Waals surface area contributed by atoms with Crippen molar-refractivity contribution in [3.8, 4) is 11.3 Å². The Hall–Kier alpha value is -3.02. The summed E-state index contributed by atoms with van der Waals surface area (Å²) in [6.07, 6.45) is 3.52. The van der Waals surface area contributed by atoms with Crippen molar-refractivity contribution < 1.29 is 4.39 Å². The van der Waals surface area contributed by atoms with Crippen molar-refractivity contribution in [1.82, 2.24) is 14.1 Å². The van der Waals surface area contributed by atoms with Gasteiger partial charge in [0.2, 0.25) is 0 Å². The van der Waals surface area contributed by atoms with Crippen LogP contribution in [-0.4, -0.2) is 26.9 Å². The molecule has 0 amide bonds. The molecule has 0 unspecified atom stereocenters. The van der Waals surface area contributed by atoms with E-state index in [1.807, 2.05) is 18.2 Å². The van der Waals surface area contributed by atoms with Gasteiger partial charge in [-0.2, -0.15) is 0 Å². The Bertz CT molecular complexity index is 1190. The van der Waals surface area contributed by atoms with E-state index in [2.05, 4.69) is 30.7 Å². The van der Waals surface area contributed by atoms with Crippen molar-refractivity contribution in [2.24, 2.45) is 17.5 Å². The second kappa shape index (κ2) is 6.55. The zero-order valence-corrected chi connectivity index (χ0v) is 16.5. The highest BCUT2D eigenvalue weighted by atomic mass is 19.1.